The fraction of sp³-hybridized carbons (Fsp3) is 0.0500. The zero-order chi connectivity index (χ0) is 27.4. The van der Waals surface area contributed by atoms with Crippen LogP contribution in [0.25, 0.3) is 50.6 Å². The van der Waals surface area contributed by atoms with Gasteiger partial charge in [0.15, 0.2) is 0 Å². The lowest BCUT2D eigenvalue weighted by molar-refractivity contribution is 0.986. The summed E-state index contributed by atoms with van der Waals surface area (Å²) in [6, 6.07) is 52.2. The van der Waals surface area contributed by atoms with Crippen molar-refractivity contribution in [2.75, 3.05) is 5.32 Å². The van der Waals surface area contributed by atoms with Crippen molar-refractivity contribution in [2.24, 2.45) is 0 Å². The summed E-state index contributed by atoms with van der Waals surface area (Å²) in [4.78, 5) is 0. The number of allylic oxidation sites excluding steroid dienone is 1. The van der Waals surface area contributed by atoms with E-state index in [1.807, 2.05) is 6.07 Å². The third kappa shape index (κ3) is 5.23. The van der Waals surface area contributed by atoms with Crippen molar-refractivity contribution in [3.8, 4) is 44.5 Å². The molecule has 0 fully saturated rings. The van der Waals surface area contributed by atoms with E-state index in [2.05, 4.69) is 157 Å². The van der Waals surface area contributed by atoms with Crippen LogP contribution in [0, 0.1) is 0 Å². The van der Waals surface area contributed by atoms with Gasteiger partial charge in [0.1, 0.15) is 0 Å². The van der Waals surface area contributed by atoms with Crippen LogP contribution in [0.1, 0.15) is 17.5 Å². The second-order valence-electron chi connectivity index (χ2n) is 10.6. The molecule has 1 aliphatic rings. The largest absolute Gasteiger partial charge is 0.356 e. The predicted molar refractivity (Wildman–Crippen MR) is 175 cm³/mol. The molecule has 1 heteroatoms. The summed E-state index contributed by atoms with van der Waals surface area (Å²) in [6.07, 6.45) is 6.83. The van der Waals surface area contributed by atoms with E-state index in [0.29, 0.717) is 0 Å². The minimum atomic E-state index is 1.07. The van der Waals surface area contributed by atoms with E-state index in [-0.39, 0.29) is 0 Å². The Kier molecular flexibility index (Phi) is 6.77. The highest BCUT2D eigenvalue weighted by Gasteiger charge is 2.15. The van der Waals surface area contributed by atoms with Crippen molar-refractivity contribution in [2.45, 2.75) is 12.8 Å². The van der Waals surface area contributed by atoms with Crippen LogP contribution in [0.3, 0.4) is 0 Å². The zero-order valence-corrected chi connectivity index (χ0v) is 22.9. The maximum atomic E-state index is 3.55. The lowest BCUT2D eigenvalue weighted by Crippen LogP contribution is -1.97. The summed E-state index contributed by atoms with van der Waals surface area (Å²) in [5.74, 6) is 0. The first kappa shape index (κ1) is 24.9. The molecule has 1 aliphatic carbocycles. The lowest BCUT2D eigenvalue weighted by Gasteiger charge is -2.19. The molecule has 0 heterocycles. The van der Waals surface area contributed by atoms with Gasteiger partial charge in [-0.05, 0) is 98.8 Å². The summed E-state index contributed by atoms with van der Waals surface area (Å²) < 4.78 is 0. The Morgan fingerprint density at radius 1 is 0.415 bits per heavy atom. The topological polar surface area (TPSA) is 12.0 Å². The van der Waals surface area contributed by atoms with Gasteiger partial charge in [0.25, 0.3) is 0 Å². The molecular formula is C40H31N. The molecule has 0 radical (unpaired) electrons. The Bertz CT molecular complexity index is 1810. The first-order valence-corrected chi connectivity index (χ1v) is 14.3. The monoisotopic (exact) mass is 525 g/mol. The Morgan fingerprint density at radius 3 is 1.68 bits per heavy atom. The molecule has 0 aliphatic heterocycles. The van der Waals surface area contributed by atoms with Gasteiger partial charge in [0.2, 0.25) is 0 Å². The van der Waals surface area contributed by atoms with Crippen molar-refractivity contribution >= 4 is 17.5 Å². The Hall–Kier alpha value is -5.14. The van der Waals surface area contributed by atoms with Crippen LogP contribution >= 0.6 is 0 Å². The molecule has 7 rings (SSSR count). The smallest absolute Gasteiger partial charge is 0.0384 e. The fourth-order valence-corrected chi connectivity index (χ4v) is 5.81. The van der Waals surface area contributed by atoms with E-state index >= 15 is 0 Å². The Labute approximate surface area is 242 Å². The summed E-state index contributed by atoms with van der Waals surface area (Å²) in [7, 11) is 0. The maximum Gasteiger partial charge on any atom is 0.0384 e. The molecule has 196 valence electrons. The van der Waals surface area contributed by atoms with Gasteiger partial charge in [-0.25, -0.2) is 0 Å². The van der Waals surface area contributed by atoms with Crippen LogP contribution in [-0.4, -0.2) is 0 Å². The second-order valence-corrected chi connectivity index (χ2v) is 10.6. The third-order valence-electron chi connectivity index (χ3n) is 7.95. The fourth-order valence-electron chi connectivity index (χ4n) is 5.81. The molecule has 0 aromatic heterocycles. The van der Waals surface area contributed by atoms with Gasteiger partial charge in [0.05, 0.1) is 0 Å². The van der Waals surface area contributed by atoms with Gasteiger partial charge < -0.3 is 5.32 Å². The molecule has 41 heavy (non-hydrogen) atoms. The predicted octanol–water partition coefficient (Wildman–Crippen LogP) is 11.1. The number of fused-ring (bicyclic) bond motifs is 1. The van der Waals surface area contributed by atoms with Gasteiger partial charge in [-0.15, -0.1) is 0 Å². The number of nitrogens with one attached hydrogen (secondary N) is 1. The van der Waals surface area contributed by atoms with Crippen molar-refractivity contribution in [1.29, 1.82) is 0 Å². The lowest BCUT2D eigenvalue weighted by atomic mass is 9.85. The molecule has 0 unspecified atom stereocenters. The standard InChI is InChI=1S/C40H31N/c1-3-10-29(11-4-1)30-18-23-35(24-19-30)41-36-25-20-31(21-26-36)34-22-27-39(40(28-34)33-12-5-2-6-13-33)38-17-9-15-32-14-7-8-16-37(32)38/h1-6,8-13,15-28,41H,7,14H2. The third-order valence-corrected chi connectivity index (χ3v) is 7.95. The number of anilines is 2. The van der Waals surface area contributed by atoms with Gasteiger partial charge in [-0.2, -0.15) is 0 Å². The molecule has 1 N–H and O–H groups in total. The molecule has 6 aromatic rings. The van der Waals surface area contributed by atoms with Gasteiger partial charge in [-0.1, -0.05) is 127 Å². The SMILES string of the molecule is C1=Cc2c(cccc2-c2ccc(-c3ccc(Nc4ccc(-c5ccccc5)cc4)cc3)cc2-c2ccccc2)CC1. The van der Waals surface area contributed by atoms with Crippen molar-refractivity contribution in [3.63, 3.8) is 0 Å². The number of aryl methyl sites for hydroxylation is 1. The quantitative estimate of drug-likeness (QED) is 0.228. The molecule has 1 nitrogen and oxygen atoms in total. The van der Waals surface area contributed by atoms with Gasteiger partial charge in [0, 0.05) is 11.4 Å². The Balaban J connectivity index is 1.19. The summed E-state index contributed by atoms with van der Waals surface area (Å²) in [5, 5.41) is 3.55. The molecule has 0 saturated heterocycles. The summed E-state index contributed by atoms with van der Waals surface area (Å²) in [6.45, 7) is 0. The van der Waals surface area contributed by atoms with Crippen molar-refractivity contribution in [3.05, 3.63) is 163 Å². The average molecular weight is 526 g/mol. The van der Waals surface area contributed by atoms with Crippen LogP contribution < -0.4 is 5.32 Å². The molecule has 0 atom stereocenters. The average Bonchev–Trinajstić information content (AvgIpc) is 3.06. The van der Waals surface area contributed by atoms with Crippen LogP contribution in [0.15, 0.2) is 152 Å². The Morgan fingerprint density at radius 2 is 1.00 bits per heavy atom. The first-order valence-electron chi connectivity index (χ1n) is 14.3. The van der Waals surface area contributed by atoms with Crippen molar-refractivity contribution in [1.82, 2.24) is 0 Å². The molecule has 0 saturated carbocycles. The van der Waals surface area contributed by atoms with Gasteiger partial charge >= 0.3 is 0 Å². The van der Waals surface area contributed by atoms with Gasteiger partial charge in [-0.3, -0.25) is 0 Å². The zero-order valence-electron chi connectivity index (χ0n) is 22.9. The highest BCUT2D eigenvalue weighted by atomic mass is 14.9. The summed E-state index contributed by atoms with van der Waals surface area (Å²) >= 11 is 0. The van der Waals surface area contributed by atoms with Crippen LogP contribution in [-0.2, 0) is 6.42 Å². The van der Waals surface area contributed by atoms with E-state index in [4.69, 9.17) is 0 Å². The number of rotatable bonds is 6. The second kappa shape index (κ2) is 11.2. The molecule has 6 aromatic carbocycles. The van der Waals surface area contributed by atoms with Crippen LogP contribution in [0.2, 0.25) is 0 Å². The molecule has 0 spiro atoms. The van der Waals surface area contributed by atoms with Crippen LogP contribution in [0.4, 0.5) is 11.4 Å². The first-order chi connectivity index (χ1) is 20.3. The number of hydrogen-bond donors (Lipinski definition) is 1. The van der Waals surface area contributed by atoms with E-state index in [1.165, 1.54) is 55.6 Å². The minimum absolute atomic E-state index is 1.07. The highest BCUT2D eigenvalue weighted by Crippen LogP contribution is 2.39. The maximum absolute atomic E-state index is 3.55. The molecular weight excluding hydrogens is 494 g/mol. The van der Waals surface area contributed by atoms with Crippen molar-refractivity contribution < 1.29 is 0 Å². The number of hydrogen-bond acceptors (Lipinski definition) is 1. The minimum Gasteiger partial charge on any atom is -0.356 e. The molecule has 0 amide bonds. The molecule has 0 bridgehead atoms. The van der Waals surface area contributed by atoms with E-state index in [9.17, 15) is 0 Å². The van der Waals surface area contributed by atoms with Crippen LogP contribution in [0.5, 0.6) is 0 Å². The van der Waals surface area contributed by atoms with E-state index in [0.717, 1.165) is 24.2 Å². The van der Waals surface area contributed by atoms with E-state index in [1.54, 1.807) is 0 Å². The summed E-state index contributed by atoms with van der Waals surface area (Å²) in [5.41, 5.74) is 14.9. The number of benzene rings is 6. The highest BCUT2D eigenvalue weighted by molar-refractivity contribution is 5.91. The van der Waals surface area contributed by atoms with E-state index < -0.39 is 0 Å². The normalized spacial score (nSPS) is 12.1.